The van der Waals surface area contributed by atoms with Crippen molar-refractivity contribution in [2.45, 2.75) is 13.3 Å². The molecule has 1 aliphatic heterocycles. The average Bonchev–Trinajstić information content (AvgIpc) is 2.73. The maximum atomic E-state index is 11.3. The number of imide groups is 1. The quantitative estimate of drug-likeness (QED) is 0.561. The van der Waals surface area contributed by atoms with Crippen molar-refractivity contribution in [2.75, 3.05) is 0 Å². The van der Waals surface area contributed by atoms with Gasteiger partial charge in [-0.2, -0.15) is 11.3 Å². The summed E-state index contributed by atoms with van der Waals surface area (Å²) in [6.45, 7) is 1.87. The average molecular weight is 207 g/mol. The van der Waals surface area contributed by atoms with Gasteiger partial charge >= 0.3 is 0 Å². The summed E-state index contributed by atoms with van der Waals surface area (Å²) in [5.41, 5.74) is 2.51. The second kappa shape index (κ2) is 3.38. The molecule has 0 atom stereocenters. The molecule has 1 aliphatic rings. The molecular formula is C10H9NO2S. The number of thiophene rings is 1. The van der Waals surface area contributed by atoms with E-state index in [0.29, 0.717) is 5.57 Å². The Bertz CT molecular complexity index is 417. The van der Waals surface area contributed by atoms with Crippen LogP contribution in [0.25, 0.3) is 5.57 Å². The third-order valence-corrected chi connectivity index (χ3v) is 2.95. The van der Waals surface area contributed by atoms with E-state index in [1.165, 1.54) is 0 Å². The van der Waals surface area contributed by atoms with Crippen molar-refractivity contribution in [3.63, 3.8) is 0 Å². The van der Waals surface area contributed by atoms with Crippen molar-refractivity contribution in [1.82, 2.24) is 5.32 Å². The molecule has 1 saturated heterocycles. The van der Waals surface area contributed by atoms with Gasteiger partial charge in [-0.15, -0.1) is 0 Å². The van der Waals surface area contributed by atoms with Crippen LogP contribution in [0.15, 0.2) is 22.4 Å². The van der Waals surface area contributed by atoms with E-state index in [-0.39, 0.29) is 18.2 Å². The maximum Gasteiger partial charge on any atom is 0.254 e. The zero-order chi connectivity index (χ0) is 10.1. The molecule has 1 N–H and O–H groups in total. The van der Waals surface area contributed by atoms with Crippen molar-refractivity contribution in [3.05, 3.63) is 28.0 Å². The Balaban J connectivity index is 2.41. The lowest BCUT2D eigenvalue weighted by Gasteiger charge is -1.99. The van der Waals surface area contributed by atoms with Crippen LogP contribution in [-0.4, -0.2) is 11.8 Å². The second-order valence-corrected chi connectivity index (χ2v) is 3.95. The van der Waals surface area contributed by atoms with Gasteiger partial charge in [0.15, 0.2) is 0 Å². The van der Waals surface area contributed by atoms with Crippen LogP contribution >= 0.6 is 11.3 Å². The van der Waals surface area contributed by atoms with Crippen molar-refractivity contribution < 1.29 is 9.59 Å². The summed E-state index contributed by atoms with van der Waals surface area (Å²) >= 11 is 1.58. The molecule has 2 heterocycles. The molecule has 0 saturated carbocycles. The third-order valence-electron chi connectivity index (χ3n) is 2.27. The molecule has 0 unspecified atom stereocenters. The number of nitrogens with one attached hydrogen (secondary N) is 1. The fraction of sp³-hybridized carbons (Fsp3) is 0.200. The summed E-state index contributed by atoms with van der Waals surface area (Å²) in [6.07, 6.45) is 0.209. The van der Waals surface area contributed by atoms with Crippen LogP contribution in [0.4, 0.5) is 0 Å². The molecule has 2 rings (SSSR count). The summed E-state index contributed by atoms with van der Waals surface area (Å²) in [5, 5.41) is 6.20. The molecule has 0 radical (unpaired) electrons. The highest BCUT2D eigenvalue weighted by Crippen LogP contribution is 2.24. The number of hydrogen-bond donors (Lipinski definition) is 1. The van der Waals surface area contributed by atoms with E-state index in [1.807, 2.05) is 23.8 Å². The first kappa shape index (κ1) is 9.15. The molecule has 0 aromatic carbocycles. The van der Waals surface area contributed by atoms with Crippen molar-refractivity contribution in [2.24, 2.45) is 0 Å². The lowest BCUT2D eigenvalue weighted by Crippen LogP contribution is -2.19. The largest absolute Gasteiger partial charge is 0.292 e. The summed E-state index contributed by atoms with van der Waals surface area (Å²) in [4.78, 5) is 22.3. The van der Waals surface area contributed by atoms with E-state index in [4.69, 9.17) is 0 Å². The SMILES string of the molecule is CC(=C1CC(=O)NC1=O)c1ccsc1. The van der Waals surface area contributed by atoms with Gasteiger partial charge in [0, 0.05) is 5.57 Å². The Morgan fingerprint density at radius 1 is 1.50 bits per heavy atom. The first-order valence-electron chi connectivity index (χ1n) is 4.25. The second-order valence-electron chi connectivity index (χ2n) is 3.17. The predicted octanol–water partition coefficient (Wildman–Crippen LogP) is 1.57. The lowest BCUT2D eigenvalue weighted by atomic mass is 10.0. The highest BCUT2D eigenvalue weighted by atomic mass is 32.1. The van der Waals surface area contributed by atoms with Gasteiger partial charge in [0.2, 0.25) is 5.91 Å². The number of amides is 2. The van der Waals surface area contributed by atoms with Gasteiger partial charge in [0.05, 0.1) is 6.42 Å². The fourth-order valence-corrected chi connectivity index (χ4v) is 2.15. The van der Waals surface area contributed by atoms with Gasteiger partial charge in [-0.05, 0) is 34.9 Å². The van der Waals surface area contributed by atoms with Gasteiger partial charge < -0.3 is 0 Å². The Morgan fingerprint density at radius 3 is 2.79 bits per heavy atom. The number of allylic oxidation sites excluding steroid dienone is 1. The summed E-state index contributed by atoms with van der Waals surface area (Å²) in [7, 11) is 0. The lowest BCUT2D eigenvalue weighted by molar-refractivity contribution is -0.124. The third kappa shape index (κ3) is 1.48. The van der Waals surface area contributed by atoms with E-state index in [9.17, 15) is 9.59 Å². The van der Waals surface area contributed by atoms with Crippen LogP contribution in [0.5, 0.6) is 0 Å². The molecular weight excluding hydrogens is 198 g/mol. The monoisotopic (exact) mass is 207 g/mol. The van der Waals surface area contributed by atoms with Gasteiger partial charge in [-0.3, -0.25) is 14.9 Å². The minimum Gasteiger partial charge on any atom is -0.292 e. The summed E-state index contributed by atoms with van der Waals surface area (Å²) in [6, 6.07) is 1.95. The standard InChI is InChI=1S/C10H9NO2S/c1-6(7-2-3-14-5-7)8-4-9(12)11-10(8)13/h2-3,5H,4H2,1H3,(H,11,12,13). The molecule has 0 bridgehead atoms. The Hall–Kier alpha value is -1.42. The van der Waals surface area contributed by atoms with Crippen molar-refractivity contribution >= 4 is 28.7 Å². The molecule has 1 fully saturated rings. The fourth-order valence-electron chi connectivity index (χ4n) is 1.44. The minimum atomic E-state index is -0.251. The van der Waals surface area contributed by atoms with E-state index in [0.717, 1.165) is 11.1 Å². The molecule has 72 valence electrons. The molecule has 0 aliphatic carbocycles. The Labute approximate surface area is 85.4 Å². The first-order chi connectivity index (χ1) is 6.68. The normalized spacial score (nSPS) is 19.8. The van der Waals surface area contributed by atoms with Crippen LogP contribution in [0.1, 0.15) is 18.9 Å². The maximum absolute atomic E-state index is 11.3. The van der Waals surface area contributed by atoms with E-state index in [1.54, 1.807) is 11.3 Å². The summed E-state index contributed by atoms with van der Waals surface area (Å²) in [5.74, 6) is -0.460. The topological polar surface area (TPSA) is 46.2 Å². The van der Waals surface area contributed by atoms with Crippen LogP contribution in [0.2, 0.25) is 0 Å². The number of carbonyl (C=O) groups is 2. The molecule has 2 amide bonds. The molecule has 14 heavy (non-hydrogen) atoms. The van der Waals surface area contributed by atoms with Crippen LogP contribution in [0.3, 0.4) is 0 Å². The molecule has 4 heteroatoms. The number of rotatable bonds is 1. The minimum absolute atomic E-state index is 0.209. The van der Waals surface area contributed by atoms with Crippen molar-refractivity contribution in [3.8, 4) is 0 Å². The predicted molar refractivity (Wildman–Crippen MR) is 54.7 cm³/mol. The van der Waals surface area contributed by atoms with Gasteiger partial charge in [-0.1, -0.05) is 0 Å². The van der Waals surface area contributed by atoms with Gasteiger partial charge in [-0.25, -0.2) is 0 Å². The van der Waals surface area contributed by atoms with Crippen LogP contribution < -0.4 is 5.32 Å². The van der Waals surface area contributed by atoms with E-state index in [2.05, 4.69) is 5.32 Å². The van der Waals surface area contributed by atoms with Gasteiger partial charge in [0.1, 0.15) is 0 Å². The highest BCUT2D eigenvalue weighted by Gasteiger charge is 2.26. The molecule has 1 aromatic rings. The van der Waals surface area contributed by atoms with Crippen LogP contribution in [0, 0.1) is 0 Å². The number of carbonyl (C=O) groups excluding carboxylic acids is 2. The molecule has 0 spiro atoms. The van der Waals surface area contributed by atoms with E-state index >= 15 is 0 Å². The highest BCUT2D eigenvalue weighted by molar-refractivity contribution is 7.08. The van der Waals surface area contributed by atoms with E-state index < -0.39 is 0 Å². The van der Waals surface area contributed by atoms with Crippen molar-refractivity contribution in [1.29, 1.82) is 0 Å². The smallest absolute Gasteiger partial charge is 0.254 e. The Kier molecular flexibility index (Phi) is 2.21. The summed E-state index contributed by atoms with van der Waals surface area (Å²) < 4.78 is 0. The zero-order valence-electron chi connectivity index (χ0n) is 7.66. The Morgan fingerprint density at radius 2 is 2.29 bits per heavy atom. The van der Waals surface area contributed by atoms with Gasteiger partial charge in [0.25, 0.3) is 5.91 Å². The zero-order valence-corrected chi connectivity index (χ0v) is 8.48. The molecule has 1 aromatic heterocycles. The molecule has 3 nitrogen and oxygen atoms in total. The first-order valence-corrected chi connectivity index (χ1v) is 5.19. The number of hydrogen-bond acceptors (Lipinski definition) is 3. The van der Waals surface area contributed by atoms with Crippen LogP contribution in [-0.2, 0) is 9.59 Å².